The molecule has 0 aliphatic rings. The van der Waals surface area contributed by atoms with Crippen molar-refractivity contribution in [3.05, 3.63) is 58.3 Å². The van der Waals surface area contributed by atoms with Crippen molar-refractivity contribution >= 4 is 12.0 Å². The van der Waals surface area contributed by atoms with Crippen LogP contribution in [0.25, 0.3) is 17.3 Å². The molecule has 1 aromatic heterocycles. The van der Waals surface area contributed by atoms with Crippen molar-refractivity contribution in [1.82, 2.24) is 4.98 Å². The number of unbranched alkanes of at least 4 members (excludes halogenated alkanes) is 1. The molecule has 0 amide bonds. The molecule has 0 spiro atoms. The molecule has 2 aromatic rings. The second kappa shape index (κ2) is 10.8. The SMILES string of the molecule is CCC/C=C/c1cnc(-c2c(C(C)C)cc(C(F)(F)F)cc2C(C)C)c(C(=O)OCC)c1. The van der Waals surface area contributed by atoms with Gasteiger partial charge in [0.25, 0.3) is 0 Å². The fourth-order valence-corrected chi connectivity index (χ4v) is 3.56. The molecule has 0 bridgehead atoms. The Labute approximate surface area is 188 Å². The van der Waals surface area contributed by atoms with Gasteiger partial charge in [0.2, 0.25) is 0 Å². The summed E-state index contributed by atoms with van der Waals surface area (Å²) < 4.78 is 46.1. The number of carbonyl (C=O) groups excluding carboxylic acids is 1. The first kappa shape index (κ1) is 25.6. The monoisotopic (exact) mass is 447 g/mol. The van der Waals surface area contributed by atoms with Gasteiger partial charge < -0.3 is 4.74 Å². The normalized spacial score (nSPS) is 12.2. The lowest BCUT2D eigenvalue weighted by atomic mass is 9.83. The van der Waals surface area contributed by atoms with Crippen LogP contribution in [0, 0.1) is 0 Å². The van der Waals surface area contributed by atoms with Crippen LogP contribution in [0.5, 0.6) is 0 Å². The highest BCUT2D eigenvalue weighted by atomic mass is 19.4. The van der Waals surface area contributed by atoms with Crippen molar-refractivity contribution in [2.75, 3.05) is 6.61 Å². The van der Waals surface area contributed by atoms with Crippen molar-refractivity contribution in [1.29, 1.82) is 0 Å². The van der Waals surface area contributed by atoms with Gasteiger partial charge in [-0.05, 0) is 60.1 Å². The molecule has 1 heterocycles. The number of esters is 1. The van der Waals surface area contributed by atoms with E-state index in [4.69, 9.17) is 4.74 Å². The van der Waals surface area contributed by atoms with Crippen LogP contribution in [-0.2, 0) is 10.9 Å². The van der Waals surface area contributed by atoms with E-state index in [2.05, 4.69) is 11.9 Å². The van der Waals surface area contributed by atoms with Gasteiger partial charge in [-0.3, -0.25) is 4.98 Å². The molecule has 0 saturated heterocycles. The van der Waals surface area contributed by atoms with Crippen LogP contribution >= 0.6 is 0 Å². The zero-order chi connectivity index (χ0) is 24.1. The molecule has 0 N–H and O–H groups in total. The Morgan fingerprint density at radius 1 is 1.06 bits per heavy atom. The van der Waals surface area contributed by atoms with E-state index in [1.807, 2.05) is 39.8 Å². The predicted molar refractivity (Wildman–Crippen MR) is 123 cm³/mol. The molecule has 0 saturated carbocycles. The number of rotatable bonds is 8. The Hall–Kier alpha value is -2.63. The van der Waals surface area contributed by atoms with E-state index >= 15 is 0 Å². The zero-order valence-electron chi connectivity index (χ0n) is 19.6. The summed E-state index contributed by atoms with van der Waals surface area (Å²) in [5.41, 5.74) is 2.27. The Kier molecular flexibility index (Phi) is 8.65. The average Bonchev–Trinajstić information content (AvgIpc) is 2.72. The summed E-state index contributed by atoms with van der Waals surface area (Å²) >= 11 is 0. The van der Waals surface area contributed by atoms with Gasteiger partial charge in [-0.15, -0.1) is 0 Å². The first-order chi connectivity index (χ1) is 15.0. The van der Waals surface area contributed by atoms with Crippen molar-refractivity contribution in [3.8, 4) is 11.3 Å². The number of benzene rings is 1. The second-order valence-corrected chi connectivity index (χ2v) is 8.41. The Morgan fingerprint density at radius 2 is 1.66 bits per heavy atom. The van der Waals surface area contributed by atoms with Crippen LogP contribution in [0.4, 0.5) is 13.2 Å². The Balaban J connectivity index is 2.86. The van der Waals surface area contributed by atoms with Crippen LogP contribution in [-0.4, -0.2) is 17.6 Å². The highest BCUT2D eigenvalue weighted by Crippen LogP contribution is 2.42. The number of alkyl halides is 3. The van der Waals surface area contributed by atoms with Gasteiger partial charge in [0, 0.05) is 11.8 Å². The molecule has 0 fully saturated rings. The summed E-state index contributed by atoms with van der Waals surface area (Å²) in [6.45, 7) is 11.3. The Morgan fingerprint density at radius 3 is 2.12 bits per heavy atom. The number of halogens is 3. The predicted octanol–water partition coefficient (Wildman–Crippen LogP) is 8.00. The molecule has 0 aliphatic heterocycles. The number of aromatic nitrogens is 1. The third-order valence-corrected chi connectivity index (χ3v) is 5.18. The van der Waals surface area contributed by atoms with Gasteiger partial charge in [-0.2, -0.15) is 13.2 Å². The lowest BCUT2D eigenvalue weighted by Gasteiger charge is -2.23. The van der Waals surface area contributed by atoms with Gasteiger partial charge in [0.15, 0.2) is 0 Å². The van der Waals surface area contributed by atoms with Gasteiger partial charge in [0.1, 0.15) is 0 Å². The fourth-order valence-electron chi connectivity index (χ4n) is 3.56. The summed E-state index contributed by atoms with van der Waals surface area (Å²) in [5, 5.41) is 0. The van der Waals surface area contributed by atoms with Crippen LogP contribution in [0.15, 0.2) is 30.5 Å². The molecule has 174 valence electrons. The molecule has 2 rings (SSSR count). The van der Waals surface area contributed by atoms with Crippen molar-refractivity contribution in [2.45, 2.75) is 72.4 Å². The molecule has 0 atom stereocenters. The summed E-state index contributed by atoms with van der Waals surface area (Å²) in [4.78, 5) is 17.4. The molecule has 3 nitrogen and oxygen atoms in total. The summed E-state index contributed by atoms with van der Waals surface area (Å²) in [5.74, 6) is -0.943. The summed E-state index contributed by atoms with van der Waals surface area (Å²) in [6.07, 6.45) is 2.97. The smallest absolute Gasteiger partial charge is 0.416 e. The molecule has 0 unspecified atom stereocenters. The standard InChI is InChI=1S/C26H32F3NO2/c1-7-9-10-11-18-12-22(25(31)32-8-2)24(30-15-18)23-20(16(3)4)13-19(26(27,28)29)14-21(23)17(5)6/h10-17H,7-9H2,1-6H3/b11-10+. The van der Waals surface area contributed by atoms with E-state index in [9.17, 15) is 18.0 Å². The molecule has 0 aliphatic carbocycles. The molecule has 0 radical (unpaired) electrons. The number of hydrogen-bond donors (Lipinski definition) is 0. The minimum absolute atomic E-state index is 0.190. The molecule has 1 aromatic carbocycles. The largest absolute Gasteiger partial charge is 0.462 e. The van der Waals surface area contributed by atoms with E-state index in [0.29, 0.717) is 22.4 Å². The van der Waals surface area contributed by atoms with E-state index in [1.165, 1.54) is 12.1 Å². The quantitative estimate of drug-likeness (QED) is 0.385. The fraction of sp³-hybridized carbons (Fsp3) is 0.462. The number of pyridine rings is 1. The number of carbonyl (C=O) groups is 1. The van der Waals surface area contributed by atoms with E-state index in [0.717, 1.165) is 18.4 Å². The van der Waals surface area contributed by atoms with Crippen LogP contribution in [0.2, 0.25) is 0 Å². The molecular formula is C26H32F3NO2. The highest BCUT2D eigenvalue weighted by Gasteiger charge is 2.34. The first-order valence-corrected chi connectivity index (χ1v) is 11.1. The lowest BCUT2D eigenvalue weighted by Crippen LogP contribution is -2.13. The third kappa shape index (κ3) is 5.99. The van der Waals surface area contributed by atoms with Gasteiger partial charge >= 0.3 is 12.1 Å². The zero-order valence-corrected chi connectivity index (χ0v) is 19.6. The maximum Gasteiger partial charge on any atom is 0.416 e. The van der Waals surface area contributed by atoms with Gasteiger partial charge in [0.05, 0.1) is 23.4 Å². The number of hydrogen-bond acceptors (Lipinski definition) is 3. The van der Waals surface area contributed by atoms with E-state index < -0.39 is 17.7 Å². The third-order valence-electron chi connectivity index (χ3n) is 5.18. The number of allylic oxidation sites excluding steroid dienone is 1. The van der Waals surface area contributed by atoms with Crippen LogP contribution < -0.4 is 0 Å². The minimum Gasteiger partial charge on any atom is -0.462 e. The molecule has 32 heavy (non-hydrogen) atoms. The number of ether oxygens (including phenoxy) is 1. The maximum absolute atomic E-state index is 13.6. The second-order valence-electron chi connectivity index (χ2n) is 8.41. The maximum atomic E-state index is 13.6. The topological polar surface area (TPSA) is 39.2 Å². The van der Waals surface area contributed by atoms with Crippen molar-refractivity contribution < 1.29 is 22.7 Å². The van der Waals surface area contributed by atoms with Gasteiger partial charge in [-0.1, -0.05) is 53.2 Å². The van der Waals surface area contributed by atoms with E-state index in [-0.39, 0.29) is 24.0 Å². The summed E-state index contributed by atoms with van der Waals surface area (Å²) in [7, 11) is 0. The molecular weight excluding hydrogens is 415 g/mol. The van der Waals surface area contributed by atoms with Crippen molar-refractivity contribution in [2.24, 2.45) is 0 Å². The minimum atomic E-state index is -4.46. The molecule has 6 heteroatoms. The first-order valence-electron chi connectivity index (χ1n) is 11.1. The van der Waals surface area contributed by atoms with Crippen LogP contribution in [0.3, 0.4) is 0 Å². The highest BCUT2D eigenvalue weighted by molar-refractivity contribution is 5.97. The van der Waals surface area contributed by atoms with Crippen LogP contribution in [0.1, 0.15) is 98.8 Å². The van der Waals surface area contributed by atoms with Crippen molar-refractivity contribution in [3.63, 3.8) is 0 Å². The Bertz CT molecular complexity index is 947. The summed E-state index contributed by atoms with van der Waals surface area (Å²) in [6, 6.07) is 4.06. The average molecular weight is 448 g/mol. The number of nitrogens with zero attached hydrogens (tertiary/aromatic N) is 1. The van der Waals surface area contributed by atoms with E-state index in [1.54, 1.807) is 19.2 Å². The lowest BCUT2D eigenvalue weighted by molar-refractivity contribution is -0.137. The van der Waals surface area contributed by atoms with Gasteiger partial charge in [-0.25, -0.2) is 4.79 Å².